The summed E-state index contributed by atoms with van der Waals surface area (Å²) in [6.45, 7) is 6.76. The van der Waals surface area contributed by atoms with E-state index in [1.54, 1.807) is 18.3 Å². The van der Waals surface area contributed by atoms with Crippen molar-refractivity contribution in [3.63, 3.8) is 0 Å². The van der Waals surface area contributed by atoms with Crippen molar-refractivity contribution in [3.8, 4) is 0 Å². The van der Waals surface area contributed by atoms with Gasteiger partial charge >= 0.3 is 5.97 Å². The van der Waals surface area contributed by atoms with E-state index in [2.05, 4.69) is 22.0 Å². The topological polar surface area (TPSA) is 72.0 Å². The van der Waals surface area contributed by atoms with Crippen LogP contribution in [0.5, 0.6) is 0 Å². The Morgan fingerprint density at radius 2 is 1.92 bits per heavy atom. The lowest BCUT2D eigenvalue weighted by Crippen LogP contribution is -2.50. The molecule has 3 aliphatic rings. The van der Waals surface area contributed by atoms with Crippen LogP contribution in [0.4, 0.5) is 5.82 Å². The van der Waals surface area contributed by atoms with Crippen molar-refractivity contribution in [1.82, 2.24) is 9.88 Å². The van der Waals surface area contributed by atoms with Gasteiger partial charge < -0.3 is 19.3 Å². The van der Waals surface area contributed by atoms with E-state index in [0.29, 0.717) is 36.5 Å². The largest absolute Gasteiger partial charge is 0.457 e. The van der Waals surface area contributed by atoms with Crippen LogP contribution in [-0.4, -0.2) is 52.3 Å². The van der Waals surface area contributed by atoms with Crippen LogP contribution in [0.25, 0.3) is 6.08 Å². The van der Waals surface area contributed by atoms with Gasteiger partial charge in [0.1, 0.15) is 17.6 Å². The molecule has 2 atom stereocenters. The third kappa shape index (κ3) is 4.87. The van der Waals surface area contributed by atoms with Crippen molar-refractivity contribution in [2.24, 2.45) is 0 Å². The van der Waals surface area contributed by atoms with E-state index in [-0.39, 0.29) is 18.2 Å². The third-order valence-electron chi connectivity index (χ3n) is 7.07. The second-order valence-electron chi connectivity index (χ2n) is 10.7. The number of aromatic nitrogens is 1. The number of nitrogens with zero attached hydrogens (tertiary/aromatic N) is 3. The smallest absolute Gasteiger partial charge is 0.331 e. The number of fused-ring (bicyclic) bond motifs is 1. The maximum atomic E-state index is 13.6. The Morgan fingerprint density at radius 3 is 2.58 bits per heavy atom. The van der Waals surface area contributed by atoms with Crippen LogP contribution in [-0.2, 0) is 19.1 Å². The number of anilines is 1. The maximum Gasteiger partial charge on any atom is 0.331 e. The molecule has 0 unspecified atom stereocenters. The number of halogens is 1. The lowest BCUT2D eigenvalue weighted by Gasteiger charge is -2.38. The first kappa shape index (κ1) is 24.8. The number of benzene rings is 1. The summed E-state index contributed by atoms with van der Waals surface area (Å²) < 4.78 is 11.7. The maximum absolute atomic E-state index is 13.6. The molecule has 8 heteroatoms. The number of rotatable bonds is 4. The van der Waals surface area contributed by atoms with Gasteiger partial charge in [-0.3, -0.25) is 4.79 Å². The molecular formula is C28H32ClN3O4. The molecule has 0 bridgehead atoms. The first-order valence-corrected chi connectivity index (χ1v) is 12.9. The van der Waals surface area contributed by atoms with Crippen molar-refractivity contribution in [3.05, 3.63) is 64.8 Å². The summed E-state index contributed by atoms with van der Waals surface area (Å²) in [4.78, 5) is 34.2. The standard InChI is InChI=1S/C28H32ClN3O4/c1-27(2,3)36-25(33)12-9-20-18-30-23(17-21(20)29)31-15-13-28(14-16-31)26(34)32-22(10-11-24(32)35-28)19-7-5-4-6-8-19/h4-9,12,17-18,22,24H,10-11,13-16H2,1-3H3/b12-9+/t22-,24+/m0/s1. The summed E-state index contributed by atoms with van der Waals surface area (Å²) in [6.07, 6.45) is 7.50. The number of hydrogen-bond acceptors (Lipinski definition) is 6. The lowest BCUT2D eigenvalue weighted by molar-refractivity contribution is -0.148. The first-order valence-electron chi connectivity index (χ1n) is 12.5. The molecule has 1 spiro atoms. The average molecular weight is 510 g/mol. The molecular weight excluding hydrogens is 478 g/mol. The fraction of sp³-hybridized carbons (Fsp3) is 0.464. The third-order valence-corrected chi connectivity index (χ3v) is 7.40. The molecule has 2 aromatic rings. The summed E-state index contributed by atoms with van der Waals surface area (Å²) in [5, 5.41) is 0.500. The molecule has 3 aliphatic heterocycles. The lowest BCUT2D eigenvalue weighted by atomic mass is 9.89. The molecule has 0 N–H and O–H groups in total. The molecule has 7 nitrogen and oxygen atoms in total. The molecule has 4 heterocycles. The van der Waals surface area contributed by atoms with Crippen LogP contribution < -0.4 is 4.90 Å². The summed E-state index contributed by atoms with van der Waals surface area (Å²) in [5.41, 5.74) is 0.503. The van der Waals surface area contributed by atoms with Crippen LogP contribution in [0.3, 0.4) is 0 Å². The summed E-state index contributed by atoms with van der Waals surface area (Å²) in [6, 6.07) is 12.1. The predicted octanol–water partition coefficient (Wildman–Crippen LogP) is 5.15. The van der Waals surface area contributed by atoms with Gasteiger partial charge in [0.15, 0.2) is 5.60 Å². The van der Waals surface area contributed by atoms with Crippen molar-refractivity contribution in [2.45, 2.75) is 69.9 Å². The van der Waals surface area contributed by atoms with Crippen LogP contribution >= 0.6 is 11.6 Å². The van der Waals surface area contributed by atoms with Crippen molar-refractivity contribution < 1.29 is 19.1 Å². The van der Waals surface area contributed by atoms with E-state index in [1.807, 2.05) is 43.9 Å². The highest BCUT2D eigenvalue weighted by Crippen LogP contribution is 2.47. The van der Waals surface area contributed by atoms with Gasteiger partial charge in [0.25, 0.3) is 5.91 Å². The van der Waals surface area contributed by atoms with Gasteiger partial charge in [0.05, 0.1) is 11.1 Å². The highest BCUT2D eigenvalue weighted by Gasteiger charge is 2.57. The van der Waals surface area contributed by atoms with Gasteiger partial charge in [-0.25, -0.2) is 9.78 Å². The van der Waals surface area contributed by atoms with Gasteiger partial charge in [-0.05, 0) is 51.3 Å². The number of pyridine rings is 1. The first-order chi connectivity index (χ1) is 17.2. The Kier molecular flexibility index (Phi) is 6.55. The van der Waals surface area contributed by atoms with Gasteiger partial charge in [-0.1, -0.05) is 41.9 Å². The Balaban J connectivity index is 1.23. The average Bonchev–Trinajstić information content (AvgIpc) is 3.36. The molecule has 190 valence electrons. The summed E-state index contributed by atoms with van der Waals surface area (Å²) >= 11 is 6.49. The summed E-state index contributed by atoms with van der Waals surface area (Å²) in [7, 11) is 0. The quantitative estimate of drug-likeness (QED) is 0.419. The number of carbonyl (C=O) groups is 2. The highest BCUT2D eigenvalue weighted by atomic mass is 35.5. The summed E-state index contributed by atoms with van der Waals surface area (Å²) in [5.74, 6) is 0.435. The number of esters is 1. The van der Waals surface area contributed by atoms with E-state index >= 15 is 0 Å². The van der Waals surface area contributed by atoms with Crippen molar-refractivity contribution in [2.75, 3.05) is 18.0 Å². The second-order valence-corrected chi connectivity index (χ2v) is 11.1. The van der Waals surface area contributed by atoms with E-state index in [1.165, 1.54) is 11.6 Å². The zero-order valence-electron chi connectivity index (χ0n) is 20.9. The minimum atomic E-state index is -0.755. The zero-order valence-corrected chi connectivity index (χ0v) is 21.7. The number of hydrogen-bond donors (Lipinski definition) is 0. The molecule has 0 aliphatic carbocycles. The van der Waals surface area contributed by atoms with E-state index in [4.69, 9.17) is 21.1 Å². The van der Waals surface area contributed by atoms with Crippen LogP contribution in [0.15, 0.2) is 48.7 Å². The molecule has 3 fully saturated rings. The second kappa shape index (κ2) is 9.52. The molecule has 0 saturated carbocycles. The van der Waals surface area contributed by atoms with E-state index in [0.717, 1.165) is 18.7 Å². The van der Waals surface area contributed by atoms with Crippen molar-refractivity contribution >= 4 is 35.4 Å². The molecule has 36 heavy (non-hydrogen) atoms. The number of amides is 1. The van der Waals surface area contributed by atoms with Gasteiger partial charge in [0, 0.05) is 43.8 Å². The molecule has 1 aromatic carbocycles. The number of carbonyl (C=O) groups excluding carboxylic acids is 2. The zero-order chi connectivity index (χ0) is 25.5. The molecule has 3 saturated heterocycles. The van der Waals surface area contributed by atoms with Crippen LogP contribution in [0, 0.1) is 0 Å². The molecule has 0 radical (unpaired) electrons. The van der Waals surface area contributed by atoms with Gasteiger partial charge in [0.2, 0.25) is 0 Å². The highest BCUT2D eigenvalue weighted by molar-refractivity contribution is 6.32. The monoisotopic (exact) mass is 509 g/mol. The van der Waals surface area contributed by atoms with Gasteiger partial charge in [-0.2, -0.15) is 0 Å². The Hall–Kier alpha value is -2.90. The minimum absolute atomic E-state index is 0.0860. The Labute approximate surface area is 217 Å². The van der Waals surface area contributed by atoms with Crippen LogP contribution in [0.2, 0.25) is 5.02 Å². The Bertz CT molecular complexity index is 1170. The molecule has 5 rings (SSSR count). The fourth-order valence-corrected chi connectivity index (χ4v) is 5.57. The number of ether oxygens (including phenoxy) is 2. The normalized spacial score (nSPS) is 23.5. The minimum Gasteiger partial charge on any atom is -0.457 e. The van der Waals surface area contributed by atoms with Gasteiger partial charge in [-0.15, -0.1) is 0 Å². The van der Waals surface area contributed by atoms with Crippen LogP contribution in [0.1, 0.15) is 63.6 Å². The number of piperidine rings is 1. The Morgan fingerprint density at radius 1 is 1.19 bits per heavy atom. The fourth-order valence-electron chi connectivity index (χ4n) is 5.37. The van der Waals surface area contributed by atoms with Crippen molar-refractivity contribution in [1.29, 1.82) is 0 Å². The van der Waals surface area contributed by atoms with E-state index in [9.17, 15) is 9.59 Å². The predicted molar refractivity (Wildman–Crippen MR) is 138 cm³/mol. The molecule has 1 aromatic heterocycles. The van der Waals surface area contributed by atoms with E-state index < -0.39 is 17.2 Å². The SMILES string of the molecule is CC(C)(C)OC(=O)/C=C/c1cnc(N2CCC3(CC2)O[C@@H]2CC[C@@H](c4ccccc4)N2C3=O)cc1Cl. The molecule has 1 amide bonds.